The van der Waals surface area contributed by atoms with Crippen LogP contribution in [0.5, 0.6) is 0 Å². The normalized spacial score (nSPS) is 14.6. The van der Waals surface area contributed by atoms with E-state index in [1.165, 1.54) is 19.3 Å². The van der Waals surface area contributed by atoms with Crippen LogP contribution in [-0.4, -0.2) is 0 Å². The topological polar surface area (TPSA) is 0 Å². The summed E-state index contributed by atoms with van der Waals surface area (Å²) in [6, 6.07) is 0. The molecule has 0 nitrogen and oxygen atoms in total. The fourth-order valence-corrected chi connectivity index (χ4v) is 1.06. The van der Waals surface area contributed by atoms with E-state index in [1.807, 2.05) is 0 Å². The van der Waals surface area contributed by atoms with Crippen LogP contribution in [0.25, 0.3) is 0 Å². The van der Waals surface area contributed by atoms with Crippen molar-refractivity contribution >= 4 is 0 Å². The summed E-state index contributed by atoms with van der Waals surface area (Å²) in [5, 5.41) is 0. The maximum atomic E-state index is 2.35. The van der Waals surface area contributed by atoms with Gasteiger partial charge in [0.15, 0.2) is 0 Å². The molecule has 0 spiro atoms. The van der Waals surface area contributed by atoms with Crippen LogP contribution in [0.3, 0.4) is 0 Å². The number of allylic oxidation sites excluding steroid dienone is 2. The highest BCUT2D eigenvalue weighted by Gasteiger charge is 2.04. The minimum atomic E-state index is 0.848. The molecule has 0 saturated carbocycles. The standard InChI is InChI=1S/C11H22/c1-5-6-7-8-9-11(4)10(2)3/h5-6,10-11H,7-9H2,1-4H3/b6-5+. The molecule has 0 radical (unpaired) electrons. The van der Waals surface area contributed by atoms with Crippen LogP contribution in [0.1, 0.15) is 47.0 Å². The van der Waals surface area contributed by atoms with Crippen LogP contribution in [0.15, 0.2) is 12.2 Å². The van der Waals surface area contributed by atoms with E-state index in [0.29, 0.717) is 0 Å². The van der Waals surface area contributed by atoms with E-state index in [2.05, 4.69) is 39.8 Å². The van der Waals surface area contributed by atoms with E-state index >= 15 is 0 Å². The molecule has 66 valence electrons. The summed E-state index contributed by atoms with van der Waals surface area (Å²) in [6.07, 6.45) is 8.38. The minimum Gasteiger partial charge on any atom is -0.0917 e. The Labute approximate surface area is 71.7 Å². The lowest BCUT2D eigenvalue weighted by Crippen LogP contribution is -2.02. The van der Waals surface area contributed by atoms with Gasteiger partial charge in [-0.3, -0.25) is 0 Å². The largest absolute Gasteiger partial charge is 0.0917 e. The second kappa shape index (κ2) is 6.45. The van der Waals surface area contributed by atoms with Gasteiger partial charge in [-0.05, 0) is 31.6 Å². The molecule has 0 N–H and O–H groups in total. The molecule has 0 aliphatic carbocycles. The molecule has 0 heteroatoms. The lowest BCUT2D eigenvalue weighted by Gasteiger charge is -2.13. The van der Waals surface area contributed by atoms with E-state index in [0.717, 1.165) is 11.8 Å². The monoisotopic (exact) mass is 154 g/mol. The fourth-order valence-electron chi connectivity index (χ4n) is 1.06. The van der Waals surface area contributed by atoms with Gasteiger partial charge in [0.1, 0.15) is 0 Å². The highest BCUT2D eigenvalue weighted by Crippen LogP contribution is 2.16. The molecule has 0 fully saturated rings. The van der Waals surface area contributed by atoms with Crippen molar-refractivity contribution in [2.45, 2.75) is 47.0 Å². The summed E-state index contributed by atoms with van der Waals surface area (Å²) < 4.78 is 0. The Morgan fingerprint density at radius 3 is 2.27 bits per heavy atom. The van der Waals surface area contributed by atoms with Gasteiger partial charge in [-0.15, -0.1) is 0 Å². The van der Waals surface area contributed by atoms with Gasteiger partial charge in [-0.1, -0.05) is 39.3 Å². The molecule has 0 saturated heterocycles. The van der Waals surface area contributed by atoms with Gasteiger partial charge in [0.2, 0.25) is 0 Å². The van der Waals surface area contributed by atoms with Gasteiger partial charge in [0.05, 0.1) is 0 Å². The lowest BCUT2D eigenvalue weighted by atomic mass is 9.93. The van der Waals surface area contributed by atoms with Crippen LogP contribution < -0.4 is 0 Å². The fraction of sp³-hybridized carbons (Fsp3) is 0.818. The number of hydrogen-bond donors (Lipinski definition) is 0. The minimum absolute atomic E-state index is 0.848. The first kappa shape index (κ1) is 10.7. The zero-order chi connectivity index (χ0) is 8.69. The van der Waals surface area contributed by atoms with Gasteiger partial charge >= 0.3 is 0 Å². The van der Waals surface area contributed by atoms with E-state index in [9.17, 15) is 0 Å². The Balaban J connectivity index is 3.24. The molecule has 0 aromatic carbocycles. The molecule has 0 bridgehead atoms. The van der Waals surface area contributed by atoms with Gasteiger partial charge in [-0.2, -0.15) is 0 Å². The predicted molar refractivity (Wildman–Crippen MR) is 52.7 cm³/mol. The Kier molecular flexibility index (Phi) is 6.30. The predicted octanol–water partition coefficient (Wildman–Crippen LogP) is 4.02. The van der Waals surface area contributed by atoms with Crippen LogP contribution in [0.2, 0.25) is 0 Å². The Morgan fingerprint density at radius 1 is 1.18 bits per heavy atom. The maximum Gasteiger partial charge on any atom is -0.0351 e. The molecule has 0 amide bonds. The smallest absolute Gasteiger partial charge is 0.0351 e. The molecule has 11 heavy (non-hydrogen) atoms. The van der Waals surface area contributed by atoms with Crippen LogP contribution in [0.4, 0.5) is 0 Å². The molecule has 0 aliphatic rings. The molecular formula is C11H22. The van der Waals surface area contributed by atoms with Crippen molar-refractivity contribution in [1.29, 1.82) is 0 Å². The summed E-state index contributed by atoms with van der Waals surface area (Å²) in [5.41, 5.74) is 0. The summed E-state index contributed by atoms with van der Waals surface area (Å²) >= 11 is 0. The van der Waals surface area contributed by atoms with Gasteiger partial charge in [-0.25, -0.2) is 0 Å². The Hall–Kier alpha value is -0.260. The van der Waals surface area contributed by atoms with E-state index in [1.54, 1.807) is 0 Å². The third-order valence-electron chi connectivity index (χ3n) is 2.40. The number of unbranched alkanes of at least 4 members (excludes halogenated alkanes) is 1. The third-order valence-corrected chi connectivity index (χ3v) is 2.40. The van der Waals surface area contributed by atoms with E-state index in [-0.39, 0.29) is 0 Å². The van der Waals surface area contributed by atoms with Crippen molar-refractivity contribution < 1.29 is 0 Å². The highest BCUT2D eigenvalue weighted by molar-refractivity contribution is 4.76. The zero-order valence-electron chi connectivity index (χ0n) is 8.43. The molecule has 0 heterocycles. The van der Waals surface area contributed by atoms with Crippen molar-refractivity contribution in [2.75, 3.05) is 0 Å². The van der Waals surface area contributed by atoms with Crippen LogP contribution in [0, 0.1) is 11.8 Å². The van der Waals surface area contributed by atoms with Crippen LogP contribution in [-0.2, 0) is 0 Å². The zero-order valence-corrected chi connectivity index (χ0v) is 8.43. The first-order chi connectivity index (χ1) is 5.18. The maximum absolute atomic E-state index is 2.35. The molecule has 0 aromatic heterocycles. The summed E-state index contributed by atoms with van der Waals surface area (Å²) in [6.45, 7) is 9.05. The average Bonchev–Trinajstić information content (AvgIpc) is 1.97. The van der Waals surface area contributed by atoms with Gasteiger partial charge in [0.25, 0.3) is 0 Å². The van der Waals surface area contributed by atoms with Gasteiger partial charge < -0.3 is 0 Å². The first-order valence-electron chi connectivity index (χ1n) is 4.79. The SMILES string of the molecule is C/C=C/CCCC(C)C(C)C. The molecular weight excluding hydrogens is 132 g/mol. The molecule has 0 aliphatic heterocycles. The Bertz CT molecular complexity index is 101. The quantitative estimate of drug-likeness (QED) is 0.414. The third kappa shape index (κ3) is 6.15. The second-order valence-corrected chi connectivity index (χ2v) is 3.72. The highest BCUT2D eigenvalue weighted by atomic mass is 14.1. The van der Waals surface area contributed by atoms with Gasteiger partial charge in [0, 0.05) is 0 Å². The first-order valence-corrected chi connectivity index (χ1v) is 4.79. The van der Waals surface area contributed by atoms with Crippen molar-refractivity contribution in [1.82, 2.24) is 0 Å². The van der Waals surface area contributed by atoms with E-state index < -0.39 is 0 Å². The molecule has 0 rings (SSSR count). The second-order valence-electron chi connectivity index (χ2n) is 3.72. The average molecular weight is 154 g/mol. The van der Waals surface area contributed by atoms with Crippen LogP contribution >= 0.6 is 0 Å². The summed E-state index contributed by atoms with van der Waals surface area (Å²) in [7, 11) is 0. The van der Waals surface area contributed by atoms with Crippen molar-refractivity contribution in [2.24, 2.45) is 11.8 Å². The number of rotatable bonds is 5. The number of hydrogen-bond acceptors (Lipinski definition) is 0. The Morgan fingerprint density at radius 2 is 1.82 bits per heavy atom. The molecule has 1 unspecified atom stereocenters. The summed E-state index contributed by atoms with van der Waals surface area (Å²) in [4.78, 5) is 0. The molecule has 1 atom stereocenters. The van der Waals surface area contributed by atoms with Crippen molar-refractivity contribution in [3.8, 4) is 0 Å². The molecule has 0 aromatic rings. The summed E-state index contributed by atoms with van der Waals surface area (Å²) in [5.74, 6) is 1.74. The van der Waals surface area contributed by atoms with E-state index in [4.69, 9.17) is 0 Å². The lowest BCUT2D eigenvalue weighted by molar-refractivity contribution is 0.383. The van der Waals surface area contributed by atoms with Crippen molar-refractivity contribution in [3.63, 3.8) is 0 Å². The van der Waals surface area contributed by atoms with Crippen molar-refractivity contribution in [3.05, 3.63) is 12.2 Å².